The number of urea groups is 1. The number of anilines is 1. The van der Waals surface area contributed by atoms with Crippen LogP contribution in [-0.4, -0.2) is 42.6 Å². The number of hydrogen-bond donors (Lipinski definition) is 3. The van der Waals surface area contributed by atoms with E-state index in [-0.39, 0.29) is 0 Å². The largest absolute Gasteiger partial charge is 0.454 e. The summed E-state index contributed by atoms with van der Waals surface area (Å²) in [5.74, 6) is -0.445. The summed E-state index contributed by atoms with van der Waals surface area (Å²) >= 11 is 1.53. The Hall–Kier alpha value is -2.22. The lowest BCUT2D eigenvalue weighted by Crippen LogP contribution is -2.45. The summed E-state index contributed by atoms with van der Waals surface area (Å²) in [5, 5.41) is 5.17. The van der Waals surface area contributed by atoms with Gasteiger partial charge in [0.1, 0.15) is 6.04 Å². The number of ether oxygens (including phenoxy) is 1. The van der Waals surface area contributed by atoms with Gasteiger partial charge in [0.2, 0.25) is 0 Å². The number of hydrogen-bond acceptors (Lipinski definition) is 5. The number of nitrogens with one attached hydrogen (secondary N) is 2. The molecule has 1 rings (SSSR count). The summed E-state index contributed by atoms with van der Waals surface area (Å²) in [6.45, 7) is 3.60. The minimum atomic E-state index is -0.859. The second-order valence-electron chi connectivity index (χ2n) is 5.66. The molecule has 4 N–H and O–H groups in total. The van der Waals surface area contributed by atoms with E-state index in [1.165, 1.54) is 11.8 Å². The molecule has 0 bridgehead atoms. The summed E-state index contributed by atoms with van der Waals surface area (Å²) in [6, 6.07) is 4.20. The highest BCUT2D eigenvalue weighted by Crippen LogP contribution is 2.22. The molecule has 0 aliphatic carbocycles. The molecule has 0 unspecified atom stereocenters. The monoisotopic (exact) mass is 381 g/mol. The minimum absolute atomic E-state index is 0.378. The molecule has 1 aromatic rings. The average Bonchev–Trinajstić information content (AvgIpc) is 2.62. The van der Waals surface area contributed by atoms with Gasteiger partial charge in [0.25, 0.3) is 5.91 Å². The van der Waals surface area contributed by atoms with Crippen LogP contribution in [0.1, 0.15) is 31.4 Å². The number of nitrogens with two attached hydrogens (primary N) is 1. The van der Waals surface area contributed by atoms with Crippen molar-refractivity contribution in [2.75, 3.05) is 23.9 Å². The Balaban J connectivity index is 2.68. The lowest BCUT2D eigenvalue weighted by molar-refractivity contribution is -0.149. The fourth-order valence-electron chi connectivity index (χ4n) is 2.47. The molecular weight excluding hydrogens is 354 g/mol. The van der Waals surface area contributed by atoms with Gasteiger partial charge in [0.15, 0.2) is 6.61 Å². The predicted octanol–water partition coefficient (Wildman–Crippen LogP) is 2.08. The van der Waals surface area contributed by atoms with E-state index >= 15 is 0 Å². The number of carbonyl (C=O) groups excluding carboxylic acids is 3. The maximum atomic E-state index is 12.2. The van der Waals surface area contributed by atoms with Crippen LogP contribution in [0.25, 0.3) is 0 Å². The molecule has 8 heteroatoms. The Bertz CT molecular complexity index is 615. The lowest BCUT2D eigenvalue weighted by Gasteiger charge is -2.17. The first kappa shape index (κ1) is 21.8. The molecule has 0 aliphatic rings. The average molecular weight is 381 g/mol. The molecule has 0 radical (unpaired) electrons. The summed E-state index contributed by atoms with van der Waals surface area (Å²) in [7, 11) is 0. The van der Waals surface area contributed by atoms with Gasteiger partial charge in [-0.05, 0) is 42.4 Å². The first-order chi connectivity index (χ1) is 12.4. The number of benzene rings is 1. The third-order valence-corrected chi connectivity index (χ3v) is 4.46. The second-order valence-corrected chi connectivity index (χ2v) is 6.64. The Morgan fingerprint density at radius 3 is 2.31 bits per heavy atom. The van der Waals surface area contributed by atoms with E-state index in [4.69, 9.17) is 10.5 Å². The van der Waals surface area contributed by atoms with Gasteiger partial charge in [-0.25, -0.2) is 9.59 Å². The van der Waals surface area contributed by atoms with Crippen LogP contribution in [0.15, 0.2) is 18.2 Å². The Labute approximate surface area is 158 Å². The summed E-state index contributed by atoms with van der Waals surface area (Å²) in [6.07, 6.45) is 3.82. The topological polar surface area (TPSA) is 111 Å². The van der Waals surface area contributed by atoms with E-state index in [0.29, 0.717) is 12.2 Å². The van der Waals surface area contributed by atoms with E-state index < -0.39 is 30.6 Å². The van der Waals surface area contributed by atoms with Crippen molar-refractivity contribution in [1.29, 1.82) is 0 Å². The first-order valence-corrected chi connectivity index (χ1v) is 9.94. The van der Waals surface area contributed by atoms with Crippen LogP contribution in [0.3, 0.4) is 0 Å². The van der Waals surface area contributed by atoms with Gasteiger partial charge in [0.05, 0.1) is 0 Å². The van der Waals surface area contributed by atoms with Crippen LogP contribution >= 0.6 is 11.8 Å². The Morgan fingerprint density at radius 1 is 1.19 bits per heavy atom. The van der Waals surface area contributed by atoms with Crippen molar-refractivity contribution in [3.63, 3.8) is 0 Å². The number of aryl methyl sites for hydroxylation is 2. The lowest BCUT2D eigenvalue weighted by atomic mass is 10.0. The van der Waals surface area contributed by atoms with E-state index in [0.717, 1.165) is 29.7 Å². The summed E-state index contributed by atoms with van der Waals surface area (Å²) < 4.78 is 5.05. The fraction of sp³-hybridized carbons (Fsp3) is 0.500. The number of thioether (sulfide) groups is 1. The quantitative estimate of drug-likeness (QED) is 0.538. The van der Waals surface area contributed by atoms with Crippen LogP contribution in [0, 0.1) is 0 Å². The molecular formula is C18H27N3O4S. The van der Waals surface area contributed by atoms with Crippen LogP contribution < -0.4 is 16.4 Å². The van der Waals surface area contributed by atoms with Crippen molar-refractivity contribution >= 4 is 35.4 Å². The van der Waals surface area contributed by atoms with Crippen molar-refractivity contribution in [3.05, 3.63) is 29.3 Å². The highest BCUT2D eigenvalue weighted by atomic mass is 32.2. The van der Waals surface area contributed by atoms with E-state index in [2.05, 4.69) is 10.6 Å². The number of amides is 3. The maximum Gasteiger partial charge on any atom is 0.329 e. The number of carbonyl (C=O) groups is 3. The van der Waals surface area contributed by atoms with Crippen LogP contribution in [-0.2, 0) is 27.2 Å². The number of rotatable bonds is 10. The zero-order chi connectivity index (χ0) is 19.5. The molecule has 0 saturated heterocycles. The number of esters is 1. The molecule has 0 aliphatic heterocycles. The molecule has 0 fully saturated rings. The Morgan fingerprint density at radius 2 is 1.81 bits per heavy atom. The molecule has 7 nitrogen and oxygen atoms in total. The smallest absolute Gasteiger partial charge is 0.329 e. The highest BCUT2D eigenvalue weighted by Gasteiger charge is 2.22. The van der Waals surface area contributed by atoms with Gasteiger partial charge < -0.3 is 21.1 Å². The second kappa shape index (κ2) is 11.4. The van der Waals surface area contributed by atoms with Crippen molar-refractivity contribution in [2.45, 2.75) is 39.2 Å². The predicted molar refractivity (Wildman–Crippen MR) is 104 cm³/mol. The highest BCUT2D eigenvalue weighted by molar-refractivity contribution is 7.98. The maximum absolute atomic E-state index is 12.2. The summed E-state index contributed by atoms with van der Waals surface area (Å²) in [4.78, 5) is 35.3. The third-order valence-electron chi connectivity index (χ3n) is 3.82. The molecule has 3 amide bonds. The number of para-hydroxylation sites is 1. The van der Waals surface area contributed by atoms with Gasteiger partial charge in [-0.3, -0.25) is 4.79 Å². The first-order valence-electron chi connectivity index (χ1n) is 8.55. The standard InChI is InChI=1S/C18H27N3O4S/c1-4-12-7-6-8-13(5-2)16(12)21-15(22)11-25-17(23)14(9-10-26-3)20-18(19)24/h6-8,14H,4-5,9-11H2,1-3H3,(H,21,22)(H3,19,20,24)/t14-/m0/s1. The zero-order valence-electron chi connectivity index (χ0n) is 15.5. The Kier molecular flexibility index (Phi) is 9.57. The normalized spacial score (nSPS) is 11.5. The molecule has 0 heterocycles. The van der Waals surface area contributed by atoms with E-state index in [1.807, 2.05) is 38.3 Å². The number of primary amides is 1. The molecule has 26 heavy (non-hydrogen) atoms. The SMILES string of the molecule is CCc1cccc(CC)c1NC(=O)COC(=O)[C@H](CCSC)NC(N)=O. The minimum Gasteiger partial charge on any atom is -0.454 e. The van der Waals surface area contributed by atoms with Crippen molar-refractivity contribution in [1.82, 2.24) is 5.32 Å². The van der Waals surface area contributed by atoms with Crippen molar-refractivity contribution in [3.8, 4) is 0 Å². The molecule has 1 aromatic carbocycles. The van der Waals surface area contributed by atoms with E-state index in [9.17, 15) is 14.4 Å². The van der Waals surface area contributed by atoms with E-state index in [1.54, 1.807) is 0 Å². The summed E-state index contributed by atoms with van der Waals surface area (Å²) in [5.41, 5.74) is 7.90. The van der Waals surface area contributed by atoms with Crippen molar-refractivity contribution in [2.24, 2.45) is 5.73 Å². The zero-order valence-corrected chi connectivity index (χ0v) is 16.3. The van der Waals surface area contributed by atoms with Gasteiger partial charge >= 0.3 is 12.0 Å². The fourth-order valence-corrected chi connectivity index (χ4v) is 2.94. The molecule has 0 aromatic heterocycles. The molecule has 0 spiro atoms. The van der Waals surface area contributed by atoms with Gasteiger partial charge in [-0.2, -0.15) is 11.8 Å². The van der Waals surface area contributed by atoms with Crippen LogP contribution in [0.2, 0.25) is 0 Å². The van der Waals surface area contributed by atoms with Crippen LogP contribution in [0.4, 0.5) is 10.5 Å². The molecule has 144 valence electrons. The van der Waals surface area contributed by atoms with Crippen LogP contribution in [0.5, 0.6) is 0 Å². The molecule has 1 atom stereocenters. The van der Waals surface area contributed by atoms with Crippen molar-refractivity contribution < 1.29 is 19.1 Å². The molecule has 0 saturated carbocycles. The third kappa shape index (κ3) is 6.95. The van der Waals surface area contributed by atoms with Gasteiger partial charge in [-0.1, -0.05) is 32.0 Å². The van der Waals surface area contributed by atoms with Gasteiger partial charge in [0, 0.05) is 5.69 Å². The van der Waals surface area contributed by atoms with Gasteiger partial charge in [-0.15, -0.1) is 0 Å².